The summed E-state index contributed by atoms with van der Waals surface area (Å²) in [6.45, 7) is 6.55. The van der Waals surface area contributed by atoms with Gasteiger partial charge in [-0.05, 0) is 93.1 Å². The Bertz CT molecular complexity index is 802. The maximum absolute atomic E-state index is 5.66. The van der Waals surface area contributed by atoms with Crippen molar-refractivity contribution in [3.05, 3.63) is 52.0 Å². The number of likely N-dealkylation sites (tertiary alicyclic amines) is 1. The van der Waals surface area contributed by atoms with E-state index in [-0.39, 0.29) is 0 Å². The molecule has 4 rings (SSSR count). The van der Waals surface area contributed by atoms with E-state index < -0.39 is 0 Å². The Kier molecular flexibility index (Phi) is 6.43. The van der Waals surface area contributed by atoms with Crippen LogP contribution in [0.2, 0.25) is 0 Å². The molecular formula is C23H28BrNO3. The van der Waals surface area contributed by atoms with Crippen molar-refractivity contribution in [1.82, 2.24) is 4.90 Å². The van der Waals surface area contributed by atoms with Crippen LogP contribution in [0.25, 0.3) is 0 Å². The minimum atomic E-state index is 0.343. The van der Waals surface area contributed by atoms with Crippen molar-refractivity contribution in [2.24, 2.45) is 5.92 Å². The van der Waals surface area contributed by atoms with Gasteiger partial charge >= 0.3 is 0 Å². The van der Waals surface area contributed by atoms with Crippen molar-refractivity contribution in [3.63, 3.8) is 0 Å². The lowest BCUT2D eigenvalue weighted by Gasteiger charge is -2.32. The van der Waals surface area contributed by atoms with E-state index in [9.17, 15) is 0 Å². The average molecular weight is 446 g/mol. The highest BCUT2D eigenvalue weighted by Gasteiger charge is 2.21. The number of hydrogen-bond donors (Lipinski definition) is 0. The van der Waals surface area contributed by atoms with Crippen LogP contribution in [0.3, 0.4) is 0 Å². The van der Waals surface area contributed by atoms with Crippen molar-refractivity contribution in [2.45, 2.75) is 32.6 Å². The molecule has 0 amide bonds. The molecule has 1 fully saturated rings. The second-order valence-corrected chi connectivity index (χ2v) is 8.47. The highest BCUT2D eigenvalue weighted by molar-refractivity contribution is 9.10. The molecule has 0 atom stereocenters. The van der Waals surface area contributed by atoms with Crippen LogP contribution in [0.4, 0.5) is 0 Å². The van der Waals surface area contributed by atoms with E-state index in [4.69, 9.17) is 14.2 Å². The predicted octanol–water partition coefficient (Wildman–Crippen LogP) is 5.07. The molecule has 2 aliphatic rings. The second kappa shape index (κ2) is 9.19. The Morgan fingerprint density at radius 3 is 2.71 bits per heavy atom. The zero-order valence-corrected chi connectivity index (χ0v) is 18.0. The van der Waals surface area contributed by atoms with E-state index in [2.05, 4.69) is 45.1 Å². The minimum Gasteiger partial charge on any atom is -0.494 e. The van der Waals surface area contributed by atoms with Gasteiger partial charge in [0.25, 0.3) is 0 Å². The summed E-state index contributed by atoms with van der Waals surface area (Å²) in [4.78, 5) is 2.59. The van der Waals surface area contributed by atoms with Gasteiger partial charge in [0.05, 0.1) is 6.61 Å². The first-order valence-corrected chi connectivity index (χ1v) is 11.0. The summed E-state index contributed by atoms with van der Waals surface area (Å²) < 4.78 is 17.7. The molecule has 0 radical (unpaired) electrons. The average Bonchev–Trinajstić information content (AvgIpc) is 3.18. The first-order chi connectivity index (χ1) is 13.7. The minimum absolute atomic E-state index is 0.343. The molecular weight excluding hydrogens is 418 g/mol. The standard InChI is InChI=1S/C23H28BrNO3/c1-2-26-20-4-5-21(24)19(15-20)13-18-8-11-25(12-9-18)10-7-17-3-6-22-23(14-17)28-16-27-22/h3-6,14-15,18H,2,7-13,16H2,1H3. The van der Waals surface area contributed by atoms with Crippen LogP contribution < -0.4 is 14.2 Å². The quantitative estimate of drug-likeness (QED) is 0.594. The number of rotatable bonds is 7. The predicted molar refractivity (Wildman–Crippen MR) is 114 cm³/mol. The van der Waals surface area contributed by atoms with Gasteiger partial charge in [0, 0.05) is 11.0 Å². The Morgan fingerprint density at radius 2 is 1.89 bits per heavy atom. The van der Waals surface area contributed by atoms with Crippen LogP contribution in [0.1, 0.15) is 30.9 Å². The summed E-state index contributed by atoms with van der Waals surface area (Å²) in [5.41, 5.74) is 2.69. The van der Waals surface area contributed by atoms with Crippen LogP contribution >= 0.6 is 15.9 Å². The van der Waals surface area contributed by atoms with Crippen molar-refractivity contribution in [1.29, 1.82) is 0 Å². The molecule has 0 saturated carbocycles. The van der Waals surface area contributed by atoms with E-state index in [1.165, 1.54) is 41.5 Å². The maximum Gasteiger partial charge on any atom is 0.231 e. The van der Waals surface area contributed by atoms with Gasteiger partial charge in [0.1, 0.15) is 5.75 Å². The molecule has 5 heteroatoms. The maximum atomic E-state index is 5.66. The molecule has 1 saturated heterocycles. The lowest BCUT2D eigenvalue weighted by molar-refractivity contribution is 0.174. The molecule has 28 heavy (non-hydrogen) atoms. The fourth-order valence-corrected chi connectivity index (χ4v) is 4.48. The third-order valence-corrected chi connectivity index (χ3v) is 6.47. The van der Waals surface area contributed by atoms with Gasteiger partial charge in [-0.25, -0.2) is 0 Å². The zero-order valence-electron chi connectivity index (χ0n) is 16.5. The normalized spacial score (nSPS) is 17.1. The molecule has 0 N–H and O–H groups in total. The van der Waals surface area contributed by atoms with E-state index in [1.807, 2.05) is 19.1 Å². The third kappa shape index (κ3) is 4.81. The molecule has 2 aromatic carbocycles. The van der Waals surface area contributed by atoms with Crippen molar-refractivity contribution < 1.29 is 14.2 Å². The fraction of sp³-hybridized carbons (Fsp3) is 0.478. The van der Waals surface area contributed by atoms with Crippen LogP contribution in [0, 0.1) is 5.92 Å². The molecule has 2 heterocycles. The van der Waals surface area contributed by atoms with Crippen molar-refractivity contribution in [2.75, 3.05) is 33.0 Å². The van der Waals surface area contributed by atoms with Gasteiger partial charge in [0.15, 0.2) is 11.5 Å². The Balaban J connectivity index is 1.25. The first kappa shape index (κ1) is 19.6. The number of hydrogen-bond acceptors (Lipinski definition) is 4. The molecule has 2 aliphatic heterocycles. The summed E-state index contributed by atoms with van der Waals surface area (Å²) >= 11 is 3.71. The molecule has 150 valence electrons. The Hall–Kier alpha value is -1.72. The number of ether oxygens (including phenoxy) is 3. The molecule has 2 aromatic rings. The van der Waals surface area contributed by atoms with Gasteiger partial charge in [-0.1, -0.05) is 22.0 Å². The second-order valence-electron chi connectivity index (χ2n) is 7.61. The lowest BCUT2D eigenvalue weighted by Crippen LogP contribution is -2.35. The van der Waals surface area contributed by atoms with E-state index in [1.54, 1.807) is 0 Å². The monoisotopic (exact) mass is 445 g/mol. The van der Waals surface area contributed by atoms with Crippen molar-refractivity contribution in [3.8, 4) is 17.2 Å². The smallest absolute Gasteiger partial charge is 0.231 e. The molecule has 0 bridgehead atoms. The van der Waals surface area contributed by atoms with Crippen LogP contribution in [0.15, 0.2) is 40.9 Å². The highest BCUT2D eigenvalue weighted by Crippen LogP contribution is 2.33. The fourth-order valence-electron chi connectivity index (χ4n) is 4.07. The number of halogens is 1. The Morgan fingerprint density at radius 1 is 1.07 bits per heavy atom. The van der Waals surface area contributed by atoms with Crippen LogP contribution in [0.5, 0.6) is 17.2 Å². The van der Waals surface area contributed by atoms with Crippen LogP contribution in [-0.4, -0.2) is 37.9 Å². The van der Waals surface area contributed by atoms with E-state index in [0.29, 0.717) is 13.4 Å². The van der Waals surface area contributed by atoms with Gasteiger partial charge < -0.3 is 19.1 Å². The molecule has 4 nitrogen and oxygen atoms in total. The molecule has 0 aromatic heterocycles. The molecule has 0 aliphatic carbocycles. The van der Waals surface area contributed by atoms with Crippen molar-refractivity contribution >= 4 is 15.9 Å². The third-order valence-electron chi connectivity index (χ3n) is 5.70. The summed E-state index contributed by atoms with van der Waals surface area (Å²) in [5, 5.41) is 0. The largest absolute Gasteiger partial charge is 0.494 e. The number of nitrogens with zero attached hydrogens (tertiary/aromatic N) is 1. The molecule has 0 unspecified atom stereocenters. The lowest BCUT2D eigenvalue weighted by atomic mass is 9.90. The number of benzene rings is 2. The van der Waals surface area contributed by atoms with E-state index >= 15 is 0 Å². The van der Waals surface area contributed by atoms with Gasteiger partial charge in [-0.2, -0.15) is 0 Å². The van der Waals surface area contributed by atoms with E-state index in [0.717, 1.165) is 42.6 Å². The topological polar surface area (TPSA) is 30.9 Å². The van der Waals surface area contributed by atoms with Crippen LogP contribution in [-0.2, 0) is 12.8 Å². The van der Waals surface area contributed by atoms with Gasteiger partial charge in [0.2, 0.25) is 6.79 Å². The summed E-state index contributed by atoms with van der Waals surface area (Å²) in [5.74, 6) is 3.47. The zero-order chi connectivity index (χ0) is 19.3. The summed E-state index contributed by atoms with van der Waals surface area (Å²) in [6, 6.07) is 12.6. The number of piperidine rings is 1. The SMILES string of the molecule is CCOc1ccc(Br)c(CC2CCN(CCc3ccc4c(c3)OCO4)CC2)c1. The number of fused-ring (bicyclic) bond motifs is 1. The summed E-state index contributed by atoms with van der Waals surface area (Å²) in [6.07, 6.45) is 4.69. The van der Waals surface area contributed by atoms with Gasteiger partial charge in [-0.3, -0.25) is 0 Å². The highest BCUT2D eigenvalue weighted by atomic mass is 79.9. The van der Waals surface area contributed by atoms with Gasteiger partial charge in [-0.15, -0.1) is 0 Å². The Labute approximate surface area is 175 Å². The first-order valence-electron chi connectivity index (χ1n) is 10.2. The summed E-state index contributed by atoms with van der Waals surface area (Å²) in [7, 11) is 0. The molecule has 0 spiro atoms.